The monoisotopic (exact) mass is 221 g/mol. The summed E-state index contributed by atoms with van der Waals surface area (Å²) in [7, 11) is -3.64. The average Bonchev–Trinajstić information content (AvgIpc) is 2.12. The summed E-state index contributed by atoms with van der Waals surface area (Å²) >= 11 is 0. The summed E-state index contributed by atoms with van der Waals surface area (Å²) in [6, 6.07) is 0.934. The lowest BCUT2D eigenvalue weighted by Crippen LogP contribution is -2.45. The number of rotatable bonds is 5. The van der Waals surface area contributed by atoms with Gasteiger partial charge in [0.05, 0.1) is 12.2 Å². The lowest BCUT2D eigenvalue weighted by molar-refractivity contribution is 0.164. The molecule has 0 saturated carbocycles. The second-order valence-electron chi connectivity index (χ2n) is 3.07. The predicted molar refractivity (Wildman–Crippen MR) is 51.7 cm³/mol. The van der Waals surface area contributed by atoms with Crippen molar-refractivity contribution < 1.29 is 13.5 Å². The van der Waals surface area contributed by atoms with Crippen molar-refractivity contribution in [1.82, 2.24) is 4.72 Å². The van der Waals surface area contributed by atoms with Crippen LogP contribution in [-0.4, -0.2) is 37.5 Å². The maximum atomic E-state index is 11.2. The molecule has 14 heavy (non-hydrogen) atoms. The molecule has 7 heteroatoms. The molecule has 0 aromatic heterocycles. The molecule has 0 aliphatic rings. The van der Waals surface area contributed by atoms with Gasteiger partial charge in [-0.3, -0.25) is 0 Å². The van der Waals surface area contributed by atoms with Gasteiger partial charge < -0.3 is 10.8 Å². The van der Waals surface area contributed by atoms with Gasteiger partial charge in [-0.15, -0.1) is 0 Å². The molecule has 0 radical (unpaired) electrons. The van der Waals surface area contributed by atoms with Crippen molar-refractivity contribution in [2.75, 3.05) is 6.54 Å². The van der Waals surface area contributed by atoms with E-state index < -0.39 is 27.4 Å². The summed E-state index contributed by atoms with van der Waals surface area (Å²) in [5.74, 6) is 0. The summed E-state index contributed by atoms with van der Waals surface area (Å²) in [5, 5.41) is 16.3. The van der Waals surface area contributed by atoms with Gasteiger partial charge in [0.2, 0.25) is 10.0 Å². The molecule has 0 aliphatic carbocycles. The number of aliphatic hydroxyl groups is 1. The summed E-state index contributed by atoms with van der Waals surface area (Å²) < 4.78 is 24.6. The van der Waals surface area contributed by atoms with Crippen molar-refractivity contribution in [2.45, 2.75) is 31.2 Å². The summed E-state index contributed by atoms with van der Waals surface area (Å²) in [6.45, 7) is 2.66. The molecule has 3 unspecified atom stereocenters. The van der Waals surface area contributed by atoms with Gasteiger partial charge in [0.1, 0.15) is 0 Å². The zero-order valence-corrected chi connectivity index (χ0v) is 8.95. The molecule has 4 N–H and O–H groups in total. The van der Waals surface area contributed by atoms with Crippen LogP contribution < -0.4 is 10.5 Å². The first kappa shape index (κ1) is 13.3. The van der Waals surface area contributed by atoms with Gasteiger partial charge >= 0.3 is 0 Å². The minimum atomic E-state index is -3.64. The summed E-state index contributed by atoms with van der Waals surface area (Å²) in [4.78, 5) is 0. The Morgan fingerprint density at radius 3 is 2.43 bits per heavy atom. The Labute approximate surface area is 83.8 Å². The van der Waals surface area contributed by atoms with E-state index >= 15 is 0 Å². The highest BCUT2D eigenvalue weighted by molar-refractivity contribution is 7.90. The molecule has 0 spiro atoms. The van der Waals surface area contributed by atoms with Crippen LogP contribution in [0.2, 0.25) is 0 Å². The molecule has 82 valence electrons. The maximum absolute atomic E-state index is 11.2. The van der Waals surface area contributed by atoms with Crippen LogP contribution in [0.5, 0.6) is 0 Å². The first-order valence-electron chi connectivity index (χ1n) is 4.13. The van der Waals surface area contributed by atoms with Crippen molar-refractivity contribution in [3.8, 4) is 6.07 Å². The third-order valence-electron chi connectivity index (χ3n) is 1.79. The van der Waals surface area contributed by atoms with Crippen molar-refractivity contribution in [1.29, 1.82) is 5.26 Å². The Balaban J connectivity index is 4.22. The van der Waals surface area contributed by atoms with Gasteiger partial charge in [-0.05, 0) is 13.8 Å². The Kier molecular flexibility index (Phi) is 5.01. The van der Waals surface area contributed by atoms with Gasteiger partial charge in [-0.1, -0.05) is 0 Å². The van der Waals surface area contributed by atoms with Crippen molar-refractivity contribution in [2.24, 2.45) is 5.73 Å². The van der Waals surface area contributed by atoms with E-state index in [9.17, 15) is 8.42 Å². The van der Waals surface area contributed by atoms with E-state index in [1.165, 1.54) is 13.8 Å². The topological polar surface area (TPSA) is 116 Å². The van der Waals surface area contributed by atoms with Crippen LogP contribution in [0.1, 0.15) is 13.8 Å². The maximum Gasteiger partial charge on any atom is 0.227 e. The number of nitrogens with one attached hydrogen (secondary N) is 1. The highest BCUT2D eigenvalue weighted by Crippen LogP contribution is 1.96. The molecule has 0 bridgehead atoms. The predicted octanol–water partition coefficient (Wildman–Crippen LogP) is -1.47. The first-order chi connectivity index (χ1) is 6.31. The van der Waals surface area contributed by atoms with E-state index in [-0.39, 0.29) is 6.54 Å². The quantitative estimate of drug-likeness (QED) is 0.524. The molecule has 0 rings (SSSR count). The minimum Gasteiger partial charge on any atom is -0.392 e. The van der Waals surface area contributed by atoms with Gasteiger partial charge in [-0.2, -0.15) is 5.26 Å². The largest absolute Gasteiger partial charge is 0.392 e. The minimum absolute atomic E-state index is 0.0774. The number of nitriles is 1. The number of hydrogen-bond donors (Lipinski definition) is 3. The Hall–Kier alpha value is -0.680. The van der Waals surface area contributed by atoms with Crippen LogP contribution in [0.4, 0.5) is 0 Å². The molecule has 0 fully saturated rings. The van der Waals surface area contributed by atoms with E-state index in [1.807, 2.05) is 0 Å². The highest BCUT2D eigenvalue weighted by Gasteiger charge is 2.21. The number of sulfonamides is 1. The fraction of sp³-hybridized carbons (Fsp3) is 0.857. The van der Waals surface area contributed by atoms with Gasteiger partial charge in [0.15, 0.2) is 5.25 Å². The van der Waals surface area contributed by atoms with Crippen LogP contribution in [-0.2, 0) is 10.0 Å². The molecule has 0 saturated heterocycles. The summed E-state index contributed by atoms with van der Waals surface area (Å²) in [6.07, 6.45) is -0.796. The second-order valence-corrected chi connectivity index (χ2v) is 5.16. The second kappa shape index (κ2) is 5.26. The molecule has 0 aromatic rings. The molecule has 0 aliphatic heterocycles. The van der Waals surface area contributed by atoms with Crippen LogP contribution in [0.15, 0.2) is 0 Å². The molecule has 3 atom stereocenters. The molecule has 0 amide bonds. The Morgan fingerprint density at radius 1 is 1.57 bits per heavy atom. The van der Waals surface area contributed by atoms with Crippen molar-refractivity contribution in [3.05, 3.63) is 0 Å². The van der Waals surface area contributed by atoms with E-state index in [0.717, 1.165) is 0 Å². The van der Waals surface area contributed by atoms with Crippen LogP contribution in [0, 0.1) is 11.3 Å². The molecular weight excluding hydrogens is 206 g/mol. The smallest absolute Gasteiger partial charge is 0.227 e. The standard InChI is InChI=1S/C7H15N3O3S/c1-5(3-8)14(12,13)10-4-7(9)6(2)11/h5-7,10-11H,4,9H2,1-2H3. The highest BCUT2D eigenvalue weighted by atomic mass is 32.2. The first-order valence-corrected chi connectivity index (χ1v) is 5.67. The summed E-state index contributed by atoms with van der Waals surface area (Å²) in [5.41, 5.74) is 5.41. The van der Waals surface area contributed by atoms with E-state index in [4.69, 9.17) is 16.1 Å². The van der Waals surface area contributed by atoms with Gasteiger partial charge in [0, 0.05) is 12.6 Å². The molecular formula is C7H15N3O3S. The Morgan fingerprint density at radius 2 is 2.07 bits per heavy atom. The number of nitrogens with zero attached hydrogens (tertiary/aromatic N) is 1. The fourth-order valence-electron chi connectivity index (χ4n) is 0.577. The number of hydrogen-bond acceptors (Lipinski definition) is 5. The van der Waals surface area contributed by atoms with Crippen LogP contribution >= 0.6 is 0 Å². The third-order valence-corrected chi connectivity index (χ3v) is 3.39. The average molecular weight is 221 g/mol. The van der Waals surface area contributed by atoms with Crippen molar-refractivity contribution >= 4 is 10.0 Å². The van der Waals surface area contributed by atoms with E-state index in [1.54, 1.807) is 6.07 Å². The molecule has 0 aromatic carbocycles. The Bertz CT molecular complexity index is 307. The lowest BCUT2D eigenvalue weighted by atomic mass is 10.2. The zero-order chi connectivity index (χ0) is 11.4. The normalized spacial score (nSPS) is 18.2. The lowest BCUT2D eigenvalue weighted by Gasteiger charge is -2.15. The van der Waals surface area contributed by atoms with Gasteiger partial charge in [-0.25, -0.2) is 13.1 Å². The van der Waals surface area contributed by atoms with Gasteiger partial charge in [0.25, 0.3) is 0 Å². The van der Waals surface area contributed by atoms with E-state index in [0.29, 0.717) is 0 Å². The molecule has 6 nitrogen and oxygen atoms in total. The molecule has 0 heterocycles. The fourth-order valence-corrected chi connectivity index (χ4v) is 1.39. The van der Waals surface area contributed by atoms with Crippen molar-refractivity contribution in [3.63, 3.8) is 0 Å². The van der Waals surface area contributed by atoms with Crippen LogP contribution in [0.25, 0.3) is 0 Å². The van der Waals surface area contributed by atoms with Crippen LogP contribution in [0.3, 0.4) is 0 Å². The third kappa shape index (κ3) is 4.02. The van der Waals surface area contributed by atoms with E-state index in [2.05, 4.69) is 4.72 Å². The SMILES string of the molecule is CC(O)C(N)CNS(=O)(=O)C(C)C#N. The zero-order valence-electron chi connectivity index (χ0n) is 8.14. The number of nitrogens with two attached hydrogens (primary N) is 1. The number of aliphatic hydroxyl groups excluding tert-OH is 1.